The van der Waals surface area contributed by atoms with Crippen LogP contribution in [-0.2, 0) is 0 Å². The Kier molecular flexibility index (Phi) is 2.75. The molecule has 0 bridgehead atoms. The summed E-state index contributed by atoms with van der Waals surface area (Å²) in [5, 5.41) is 0. The maximum Gasteiger partial charge on any atom is 0.242 e. The summed E-state index contributed by atoms with van der Waals surface area (Å²) in [4.78, 5) is 0. The first-order valence-corrected chi connectivity index (χ1v) is 5.77. The molecular formula is C11H20F2N2. The number of nitrogens with two attached hydrogens (primary N) is 1. The first-order valence-electron chi connectivity index (χ1n) is 5.77. The van der Waals surface area contributed by atoms with Gasteiger partial charge in [-0.3, -0.25) is 11.3 Å². The summed E-state index contributed by atoms with van der Waals surface area (Å²) < 4.78 is 25.5. The highest BCUT2D eigenvalue weighted by Crippen LogP contribution is 2.68. The standard InChI is InChI=1S/C11H20F2N2/c1-6(2)9-8(15-14)3-4-11(9)5-7(11)10(12)13/h6-10,15H,3-5,14H2,1-2H3. The lowest BCUT2D eigenvalue weighted by molar-refractivity contribution is 0.0848. The third-order valence-electron chi connectivity index (χ3n) is 4.43. The van der Waals surface area contributed by atoms with Crippen LogP contribution in [-0.4, -0.2) is 12.5 Å². The minimum Gasteiger partial charge on any atom is -0.271 e. The van der Waals surface area contributed by atoms with E-state index in [9.17, 15) is 8.78 Å². The lowest BCUT2D eigenvalue weighted by Crippen LogP contribution is -2.42. The molecule has 0 amide bonds. The third-order valence-corrected chi connectivity index (χ3v) is 4.43. The Morgan fingerprint density at radius 2 is 2.07 bits per heavy atom. The van der Waals surface area contributed by atoms with Crippen LogP contribution in [0.2, 0.25) is 0 Å². The normalized spacial score (nSPS) is 44.6. The molecule has 2 aliphatic carbocycles. The molecule has 4 atom stereocenters. The molecule has 2 fully saturated rings. The molecule has 2 rings (SSSR count). The Hall–Kier alpha value is -0.220. The number of nitrogens with one attached hydrogen (secondary N) is 1. The van der Waals surface area contributed by atoms with Gasteiger partial charge in [-0.15, -0.1) is 0 Å². The summed E-state index contributed by atoms with van der Waals surface area (Å²) in [5.74, 6) is 5.87. The molecule has 3 N–H and O–H groups in total. The topological polar surface area (TPSA) is 38.0 Å². The summed E-state index contributed by atoms with van der Waals surface area (Å²) in [6, 6.07) is 0.230. The van der Waals surface area contributed by atoms with Crippen molar-refractivity contribution in [2.24, 2.45) is 29.0 Å². The van der Waals surface area contributed by atoms with Gasteiger partial charge in [0.15, 0.2) is 0 Å². The minimum atomic E-state index is -2.15. The molecule has 0 heterocycles. The molecule has 0 aromatic carbocycles. The molecule has 2 nitrogen and oxygen atoms in total. The highest BCUT2D eigenvalue weighted by Gasteiger charge is 2.66. The van der Waals surface area contributed by atoms with E-state index in [0.717, 1.165) is 12.8 Å². The van der Waals surface area contributed by atoms with Gasteiger partial charge in [0.05, 0.1) is 0 Å². The maximum absolute atomic E-state index is 12.7. The second kappa shape index (κ2) is 3.67. The number of rotatable bonds is 3. The zero-order chi connectivity index (χ0) is 11.2. The molecule has 0 saturated heterocycles. The van der Waals surface area contributed by atoms with Crippen LogP contribution in [0.4, 0.5) is 8.78 Å². The van der Waals surface area contributed by atoms with Crippen molar-refractivity contribution < 1.29 is 8.78 Å². The number of hydrazine groups is 1. The van der Waals surface area contributed by atoms with Crippen molar-refractivity contribution in [2.75, 3.05) is 0 Å². The third kappa shape index (κ3) is 1.58. The molecule has 15 heavy (non-hydrogen) atoms. The molecule has 0 aliphatic heterocycles. The quantitative estimate of drug-likeness (QED) is 0.562. The lowest BCUT2D eigenvalue weighted by Gasteiger charge is -2.29. The van der Waals surface area contributed by atoms with Gasteiger partial charge in [0.1, 0.15) is 0 Å². The monoisotopic (exact) mass is 218 g/mol. The molecule has 4 unspecified atom stereocenters. The molecule has 0 aromatic heterocycles. The number of halogens is 2. The number of hydrogen-bond acceptors (Lipinski definition) is 2. The summed E-state index contributed by atoms with van der Waals surface area (Å²) in [7, 11) is 0. The first-order chi connectivity index (χ1) is 7.03. The minimum absolute atomic E-state index is 0.0978. The van der Waals surface area contributed by atoms with Crippen molar-refractivity contribution in [1.82, 2.24) is 5.43 Å². The SMILES string of the molecule is CC(C)C1C(NN)CCC12CC2C(F)F. The van der Waals surface area contributed by atoms with Crippen molar-refractivity contribution in [1.29, 1.82) is 0 Å². The molecule has 4 heteroatoms. The van der Waals surface area contributed by atoms with Crippen LogP contribution in [0, 0.1) is 23.2 Å². The highest BCUT2D eigenvalue weighted by molar-refractivity contribution is 5.14. The van der Waals surface area contributed by atoms with Crippen LogP contribution in [0.5, 0.6) is 0 Å². The Morgan fingerprint density at radius 3 is 2.47 bits per heavy atom. The van der Waals surface area contributed by atoms with Crippen LogP contribution in [0.15, 0.2) is 0 Å². The van der Waals surface area contributed by atoms with Gasteiger partial charge >= 0.3 is 0 Å². The zero-order valence-electron chi connectivity index (χ0n) is 9.34. The van der Waals surface area contributed by atoms with E-state index < -0.39 is 6.43 Å². The molecule has 2 aliphatic rings. The van der Waals surface area contributed by atoms with Gasteiger partial charge < -0.3 is 0 Å². The fourth-order valence-electron chi connectivity index (χ4n) is 3.85. The van der Waals surface area contributed by atoms with E-state index in [1.807, 2.05) is 0 Å². The predicted molar refractivity (Wildman–Crippen MR) is 55.2 cm³/mol. The van der Waals surface area contributed by atoms with Crippen LogP contribution < -0.4 is 11.3 Å². The van der Waals surface area contributed by atoms with Crippen LogP contribution in [0.1, 0.15) is 33.1 Å². The second-order valence-corrected chi connectivity index (χ2v) is 5.46. The van der Waals surface area contributed by atoms with Crippen LogP contribution in [0.3, 0.4) is 0 Å². The fraction of sp³-hybridized carbons (Fsp3) is 1.00. The summed E-state index contributed by atoms with van der Waals surface area (Å²) in [5.41, 5.74) is 2.71. The smallest absolute Gasteiger partial charge is 0.242 e. The predicted octanol–water partition coefficient (Wildman–Crippen LogP) is 2.16. The summed E-state index contributed by atoms with van der Waals surface area (Å²) >= 11 is 0. The second-order valence-electron chi connectivity index (χ2n) is 5.46. The van der Waals surface area contributed by atoms with E-state index in [0.29, 0.717) is 18.3 Å². The average molecular weight is 218 g/mol. The summed E-state index contributed by atoms with van der Waals surface area (Å²) in [6.07, 6.45) is 0.413. The van der Waals surface area contributed by atoms with E-state index >= 15 is 0 Å². The van der Waals surface area contributed by atoms with Crippen molar-refractivity contribution in [2.45, 2.75) is 45.6 Å². The van der Waals surface area contributed by atoms with Gasteiger partial charge in [0, 0.05) is 12.0 Å². The largest absolute Gasteiger partial charge is 0.271 e. The number of hydrogen-bond donors (Lipinski definition) is 2. The molecule has 0 aromatic rings. The van der Waals surface area contributed by atoms with E-state index in [1.54, 1.807) is 0 Å². The van der Waals surface area contributed by atoms with E-state index in [1.165, 1.54) is 0 Å². The van der Waals surface area contributed by atoms with Crippen molar-refractivity contribution >= 4 is 0 Å². The average Bonchev–Trinajstić information content (AvgIpc) is 2.72. The molecular weight excluding hydrogens is 198 g/mol. The Morgan fingerprint density at radius 1 is 1.40 bits per heavy atom. The van der Waals surface area contributed by atoms with Gasteiger partial charge in [-0.2, -0.15) is 0 Å². The van der Waals surface area contributed by atoms with E-state index in [4.69, 9.17) is 5.84 Å². The van der Waals surface area contributed by atoms with Gasteiger partial charge in [-0.05, 0) is 36.5 Å². The molecule has 0 radical (unpaired) electrons. The van der Waals surface area contributed by atoms with Gasteiger partial charge in [0.25, 0.3) is 0 Å². The van der Waals surface area contributed by atoms with Gasteiger partial charge in [-0.25, -0.2) is 8.78 Å². The lowest BCUT2D eigenvalue weighted by atomic mass is 9.80. The fourth-order valence-corrected chi connectivity index (χ4v) is 3.85. The van der Waals surface area contributed by atoms with Crippen molar-refractivity contribution in [3.05, 3.63) is 0 Å². The van der Waals surface area contributed by atoms with Crippen LogP contribution in [0.25, 0.3) is 0 Å². The van der Waals surface area contributed by atoms with Gasteiger partial charge in [0.2, 0.25) is 6.43 Å². The van der Waals surface area contributed by atoms with Crippen molar-refractivity contribution in [3.8, 4) is 0 Å². The highest BCUT2D eigenvalue weighted by atomic mass is 19.3. The van der Waals surface area contributed by atoms with Gasteiger partial charge in [-0.1, -0.05) is 13.8 Å². The Labute approximate surface area is 89.6 Å². The maximum atomic E-state index is 12.7. The zero-order valence-corrected chi connectivity index (χ0v) is 9.34. The Balaban J connectivity index is 2.14. The molecule has 88 valence electrons. The molecule has 2 saturated carbocycles. The molecule has 1 spiro atoms. The van der Waals surface area contributed by atoms with Crippen molar-refractivity contribution in [3.63, 3.8) is 0 Å². The van der Waals surface area contributed by atoms with E-state index in [-0.39, 0.29) is 17.4 Å². The Bertz CT molecular complexity index is 245. The summed E-state index contributed by atoms with van der Waals surface area (Å²) in [6.45, 7) is 4.23. The first kappa shape index (κ1) is 11.3. The van der Waals surface area contributed by atoms with E-state index in [2.05, 4.69) is 19.3 Å². The van der Waals surface area contributed by atoms with Crippen LogP contribution >= 0.6 is 0 Å². The number of alkyl halides is 2.